The average Bonchev–Trinajstić information content (AvgIpc) is 3.11. The number of carbonyl (C=O) groups is 6. The monoisotopic (exact) mass is 706 g/mol. The van der Waals surface area contributed by atoms with E-state index in [1.54, 1.807) is 92.7 Å². The third-order valence-electron chi connectivity index (χ3n) is 7.72. The molecule has 0 aliphatic heterocycles. The largest absolute Gasteiger partial charge is 0.479 e. The number of carbonyl (C=O) groups excluding carboxylic acids is 5. The van der Waals surface area contributed by atoms with Crippen LogP contribution in [0.15, 0.2) is 91.0 Å². The highest BCUT2D eigenvalue weighted by Gasteiger charge is 2.59. The number of hydrogen-bond donors (Lipinski definition) is 3. The minimum atomic E-state index is -2.95. The fourth-order valence-corrected chi connectivity index (χ4v) is 5.43. The SMILES string of the molecule is COC(=O)CCC(S)C(=O)N(C(=O)OCc1ccccc1)[C@@](Cc1ccccc1)(C(=O)O)C(=O)[C@H](CC(C)C)NC(=O)OCc1ccccc1. The van der Waals surface area contributed by atoms with Gasteiger partial charge in [-0.25, -0.2) is 19.3 Å². The van der Waals surface area contributed by atoms with Crippen molar-refractivity contribution in [2.75, 3.05) is 7.11 Å². The molecule has 12 nitrogen and oxygen atoms in total. The van der Waals surface area contributed by atoms with Gasteiger partial charge in [0, 0.05) is 12.8 Å². The van der Waals surface area contributed by atoms with Gasteiger partial charge in [-0.15, -0.1) is 0 Å². The van der Waals surface area contributed by atoms with E-state index in [-0.39, 0.29) is 48.9 Å². The Bertz CT molecular complexity index is 1600. The van der Waals surface area contributed by atoms with Crippen molar-refractivity contribution >= 4 is 48.4 Å². The molecule has 0 saturated carbocycles. The van der Waals surface area contributed by atoms with Crippen LogP contribution in [-0.4, -0.2) is 69.8 Å². The summed E-state index contributed by atoms with van der Waals surface area (Å²) in [6.07, 6.45) is -3.75. The number of carboxylic acid groups (broad SMARTS) is 1. The molecule has 50 heavy (non-hydrogen) atoms. The molecule has 2 N–H and O–H groups in total. The smallest absolute Gasteiger partial charge is 0.418 e. The van der Waals surface area contributed by atoms with E-state index in [1.165, 1.54) is 12.1 Å². The van der Waals surface area contributed by atoms with Gasteiger partial charge in [-0.3, -0.25) is 14.4 Å². The number of aliphatic carboxylic acids is 1. The van der Waals surface area contributed by atoms with Crippen LogP contribution in [0.5, 0.6) is 0 Å². The van der Waals surface area contributed by atoms with Crippen LogP contribution in [0.4, 0.5) is 9.59 Å². The maximum absolute atomic E-state index is 14.9. The fraction of sp³-hybridized carbons (Fsp3) is 0.351. The van der Waals surface area contributed by atoms with Crippen molar-refractivity contribution < 1.29 is 48.1 Å². The predicted molar refractivity (Wildman–Crippen MR) is 186 cm³/mol. The predicted octanol–water partition coefficient (Wildman–Crippen LogP) is 5.38. The first-order valence-electron chi connectivity index (χ1n) is 16.0. The van der Waals surface area contributed by atoms with Crippen molar-refractivity contribution in [2.45, 2.75) is 69.6 Å². The number of nitrogens with one attached hydrogen (secondary N) is 1. The second-order valence-electron chi connectivity index (χ2n) is 11.9. The summed E-state index contributed by atoms with van der Waals surface area (Å²) in [6, 6.07) is 23.6. The van der Waals surface area contributed by atoms with Gasteiger partial charge in [0.25, 0.3) is 0 Å². The van der Waals surface area contributed by atoms with Gasteiger partial charge < -0.3 is 24.6 Å². The first-order chi connectivity index (χ1) is 23.9. The van der Waals surface area contributed by atoms with E-state index in [1.807, 2.05) is 0 Å². The number of nitrogens with zero attached hydrogens (tertiary/aromatic N) is 1. The van der Waals surface area contributed by atoms with E-state index in [4.69, 9.17) is 9.47 Å². The molecular weight excluding hydrogens is 664 g/mol. The molecule has 3 amide bonds. The normalized spacial score (nSPS) is 13.2. The number of rotatable bonds is 17. The second kappa shape index (κ2) is 19.1. The van der Waals surface area contributed by atoms with Gasteiger partial charge in [0.15, 0.2) is 5.78 Å². The lowest BCUT2D eigenvalue weighted by atomic mass is 9.79. The minimum absolute atomic E-state index is 0.0726. The van der Waals surface area contributed by atoms with Crippen molar-refractivity contribution in [2.24, 2.45) is 5.92 Å². The molecule has 1 unspecified atom stereocenters. The zero-order chi connectivity index (χ0) is 36.7. The lowest BCUT2D eigenvalue weighted by Gasteiger charge is -2.40. The molecule has 266 valence electrons. The van der Waals surface area contributed by atoms with Gasteiger partial charge in [-0.1, -0.05) is 105 Å². The average molecular weight is 707 g/mol. The fourth-order valence-electron chi connectivity index (χ4n) is 5.19. The van der Waals surface area contributed by atoms with Crippen LogP contribution in [0.3, 0.4) is 0 Å². The Kier molecular flexibility index (Phi) is 15.0. The summed E-state index contributed by atoms with van der Waals surface area (Å²) in [5.74, 6) is -5.16. The molecule has 0 bridgehead atoms. The molecule has 3 rings (SSSR count). The van der Waals surface area contributed by atoms with E-state index in [2.05, 4.69) is 22.7 Å². The van der Waals surface area contributed by atoms with E-state index in [0.717, 1.165) is 7.11 Å². The zero-order valence-corrected chi connectivity index (χ0v) is 29.0. The van der Waals surface area contributed by atoms with Crippen LogP contribution in [0, 0.1) is 5.92 Å². The van der Waals surface area contributed by atoms with Crippen molar-refractivity contribution in [3.8, 4) is 0 Å². The summed E-state index contributed by atoms with van der Waals surface area (Å²) in [5, 5.41) is 12.1. The Morgan fingerprint density at radius 1 is 0.800 bits per heavy atom. The lowest BCUT2D eigenvalue weighted by molar-refractivity contribution is -0.163. The van der Waals surface area contributed by atoms with Crippen molar-refractivity contribution in [1.29, 1.82) is 0 Å². The lowest BCUT2D eigenvalue weighted by Crippen LogP contribution is -2.70. The Morgan fingerprint density at radius 3 is 1.78 bits per heavy atom. The Morgan fingerprint density at radius 2 is 1.30 bits per heavy atom. The summed E-state index contributed by atoms with van der Waals surface area (Å²) in [7, 11) is 1.16. The number of imide groups is 1. The van der Waals surface area contributed by atoms with Gasteiger partial charge in [0.1, 0.15) is 13.2 Å². The highest BCUT2D eigenvalue weighted by atomic mass is 32.1. The molecule has 0 aliphatic rings. The Balaban J connectivity index is 2.14. The minimum Gasteiger partial charge on any atom is -0.479 e. The second-order valence-corrected chi connectivity index (χ2v) is 12.5. The van der Waals surface area contributed by atoms with Crippen molar-refractivity contribution in [3.05, 3.63) is 108 Å². The van der Waals surface area contributed by atoms with Crippen molar-refractivity contribution in [1.82, 2.24) is 10.2 Å². The summed E-state index contributed by atoms with van der Waals surface area (Å²) < 4.78 is 15.5. The maximum atomic E-state index is 14.9. The molecule has 0 fully saturated rings. The standard InChI is InChI=1S/C37H42N2O10S/c1-25(2)21-29(38-35(45)48-23-27-15-9-5-10-16-27)32(41)37(34(43)44,22-26-13-7-4-8-14-26)39(33(42)30(50)19-20-31(40)47-3)36(46)49-24-28-17-11-6-12-18-28/h4-18,25,29-30,50H,19-24H2,1-3H3,(H,38,45)(H,43,44)/t29-,30?,37+/m0/s1. The van der Waals surface area contributed by atoms with Crippen LogP contribution in [0.1, 0.15) is 49.8 Å². The van der Waals surface area contributed by atoms with Crippen LogP contribution >= 0.6 is 12.6 Å². The molecule has 0 spiro atoms. The van der Waals surface area contributed by atoms with Gasteiger partial charge in [0.05, 0.1) is 18.4 Å². The number of amides is 3. The van der Waals surface area contributed by atoms with Crippen LogP contribution in [0.25, 0.3) is 0 Å². The highest BCUT2D eigenvalue weighted by Crippen LogP contribution is 2.30. The number of benzene rings is 3. The van der Waals surface area contributed by atoms with E-state index >= 15 is 0 Å². The number of ether oxygens (including phenoxy) is 3. The van der Waals surface area contributed by atoms with E-state index < -0.39 is 59.1 Å². The number of thiol groups is 1. The number of Topliss-reactive ketones (excluding diaryl/α,β-unsaturated/α-hetero) is 1. The molecule has 0 heterocycles. The summed E-state index contributed by atoms with van der Waals surface area (Å²) >= 11 is 4.33. The molecule has 0 aromatic heterocycles. The first kappa shape index (κ1) is 39.3. The topological polar surface area (TPSA) is 166 Å². The number of esters is 1. The van der Waals surface area contributed by atoms with Crippen LogP contribution in [-0.2, 0) is 53.0 Å². The molecular formula is C37H42N2O10S. The Labute approximate surface area is 296 Å². The first-order valence-corrected chi connectivity index (χ1v) is 16.5. The molecule has 3 aromatic rings. The quantitative estimate of drug-likeness (QED) is 0.0718. The molecule has 3 atom stereocenters. The number of hydrogen-bond acceptors (Lipinski definition) is 10. The summed E-state index contributed by atoms with van der Waals surface area (Å²) in [5.41, 5.74) is -1.47. The van der Waals surface area contributed by atoms with E-state index in [9.17, 15) is 33.9 Å². The van der Waals surface area contributed by atoms with Gasteiger partial charge in [-0.05, 0) is 35.4 Å². The zero-order valence-electron chi connectivity index (χ0n) is 28.2. The van der Waals surface area contributed by atoms with E-state index in [0.29, 0.717) is 11.1 Å². The van der Waals surface area contributed by atoms with Crippen LogP contribution < -0.4 is 5.32 Å². The molecule has 0 aliphatic carbocycles. The summed E-state index contributed by atoms with van der Waals surface area (Å²) in [6.45, 7) is 3.01. The van der Waals surface area contributed by atoms with Gasteiger partial charge in [-0.2, -0.15) is 12.6 Å². The number of methoxy groups -OCH3 is 1. The van der Waals surface area contributed by atoms with Gasteiger partial charge in [0.2, 0.25) is 11.4 Å². The Hall–Kier alpha value is -5.17. The van der Waals surface area contributed by atoms with Crippen LogP contribution in [0.2, 0.25) is 0 Å². The maximum Gasteiger partial charge on any atom is 0.418 e. The molecule has 13 heteroatoms. The molecule has 3 aromatic carbocycles. The number of alkyl carbamates (subject to hydrolysis) is 1. The van der Waals surface area contributed by atoms with Gasteiger partial charge >= 0.3 is 24.1 Å². The molecule has 0 radical (unpaired) electrons. The molecule has 0 saturated heterocycles. The highest BCUT2D eigenvalue weighted by molar-refractivity contribution is 7.81. The number of carboxylic acids is 1. The summed E-state index contributed by atoms with van der Waals surface area (Å²) in [4.78, 5) is 82.1. The third-order valence-corrected chi connectivity index (χ3v) is 8.20. The number of ketones is 1. The van der Waals surface area contributed by atoms with Crippen molar-refractivity contribution in [3.63, 3.8) is 0 Å². The third kappa shape index (κ3) is 10.9.